The molecule has 5 nitrogen and oxygen atoms in total. The number of aliphatic hydroxyl groups is 1. The van der Waals surface area contributed by atoms with Gasteiger partial charge in [-0.3, -0.25) is 0 Å². The van der Waals surface area contributed by atoms with Gasteiger partial charge in [0.05, 0.1) is 19.3 Å². The smallest absolute Gasteiger partial charge is 0.387 e. The van der Waals surface area contributed by atoms with Gasteiger partial charge in [-0.25, -0.2) is 4.79 Å². The molecule has 0 aliphatic carbocycles. The Morgan fingerprint density at radius 1 is 1.56 bits per heavy atom. The van der Waals surface area contributed by atoms with Crippen molar-refractivity contribution < 1.29 is 28.2 Å². The number of benzene rings is 1. The van der Waals surface area contributed by atoms with Crippen molar-refractivity contribution in [3.8, 4) is 11.8 Å². The van der Waals surface area contributed by atoms with Gasteiger partial charge in [-0.05, 0) is 11.6 Å². The molecule has 0 amide bonds. The van der Waals surface area contributed by atoms with E-state index in [0.29, 0.717) is 0 Å². The lowest BCUT2D eigenvalue weighted by Crippen LogP contribution is -2.12. The Kier molecular flexibility index (Phi) is 4.57. The summed E-state index contributed by atoms with van der Waals surface area (Å²) in [5.41, 5.74) is -0.547. The van der Waals surface area contributed by atoms with Gasteiger partial charge >= 0.3 is 12.6 Å². The molecule has 0 heterocycles. The molecule has 0 atom stereocenters. The number of rotatable bonds is 4. The number of nitrogens with zero attached hydrogens (tertiary/aromatic N) is 1. The Labute approximate surface area is 101 Å². The Balaban J connectivity index is 3.45. The molecule has 0 unspecified atom stereocenters. The molecule has 0 bridgehead atoms. The molecular weight excluding hydrogens is 248 g/mol. The monoisotopic (exact) mass is 257 g/mol. The van der Waals surface area contributed by atoms with Crippen molar-refractivity contribution in [2.24, 2.45) is 0 Å². The van der Waals surface area contributed by atoms with Gasteiger partial charge in [0.1, 0.15) is 17.4 Å². The Bertz CT molecular complexity index is 497. The minimum absolute atomic E-state index is 0.125. The van der Waals surface area contributed by atoms with E-state index in [2.05, 4.69) is 9.47 Å². The zero-order valence-electron chi connectivity index (χ0n) is 9.31. The van der Waals surface area contributed by atoms with Gasteiger partial charge in [0.2, 0.25) is 0 Å². The Morgan fingerprint density at radius 2 is 2.22 bits per heavy atom. The summed E-state index contributed by atoms with van der Waals surface area (Å²) in [6.07, 6.45) is 0. The summed E-state index contributed by atoms with van der Waals surface area (Å²) in [4.78, 5) is 11.5. The van der Waals surface area contributed by atoms with E-state index in [4.69, 9.17) is 10.4 Å². The number of hydrogen-bond donors (Lipinski definition) is 1. The Hall–Kier alpha value is -2.20. The maximum atomic E-state index is 12.2. The lowest BCUT2D eigenvalue weighted by molar-refractivity contribution is -0.0504. The molecule has 0 saturated carbocycles. The number of aliphatic hydroxyl groups excluding tert-OH is 1. The zero-order chi connectivity index (χ0) is 13.7. The van der Waals surface area contributed by atoms with Crippen LogP contribution < -0.4 is 4.74 Å². The molecule has 1 aromatic rings. The molecule has 7 heteroatoms. The summed E-state index contributed by atoms with van der Waals surface area (Å²) >= 11 is 0. The van der Waals surface area contributed by atoms with E-state index in [0.717, 1.165) is 13.2 Å². The molecule has 18 heavy (non-hydrogen) atoms. The molecule has 0 radical (unpaired) electrons. The first-order valence-electron chi connectivity index (χ1n) is 4.75. The number of nitriles is 1. The van der Waals surface area contributed by atoms with E-state index >= 15 is 0 Å². The summed E-state index contributed by atoms with van der Waals surface area (Å²) in [5.74, 6) is -1.46. The normalized spacial score (nSPS) is 10.0. The third-order valence-corrected chi connectivity index (χ3v) is 2.14. The number of alkyl halides is 2. The number of carbonyl (C=O) groups excluding carboxylic acids is 1. The van der Waals surface area contributed by atoms with Crippen LogP contribution in [0.1, 0.15) is 21.5 Å². The minimum Gasteiger partial charge on any atom is -0.465 e. The molecule has 1 aromatic carbocycles. The van der Waals surface area contributed by atoms with Crippen LogP contribution >= 0.6 is 0 Å². The highest BCUT2D eigenvalue weighted by atomic mass is 19.3. The molecule has 1 rings (SSSR count). The van der Waals surface area contributed by atoms with E-state index in [-0.39, 0.29) is 11.1 Å². The van der Waals surface area contributed by atoms with Crippen molar-refractivity contribution in [1.82, 2.24) is 0 Å². The molecule has 1 N–H and O–H groups in total. The third-order valence-electron chi connectivity index (χ3n) is 2.14. The van der Waals surface area contributed by atoms with Gasteiger partial charge < -0.3 is 14.6 Å². The fraction of sp³-hybridized carbons (Fsp3) is 0.273. The minimum atomic E-state index is -3.14. The van der Waals surface area contributed by atoms with Crippen molar-refractivity contribution in [3.63, 3.8) is 0 Å². The number of methoxy groups -OCH3 is 1. The van der Waals surface area contributed by atoms with Crippen molar-refractivity contribution in [3.05, 3.63) is 28.8 Å². The van der Waals surface area contributed by atoms with Crippen molar-refractivity contribution in [1.29, 1.82) is 5.26 Å². The van der Waals surface area contributed by atoms with E-state index in [1.807, 2.05) is 0 Å². The highest BCUT2D eigenvalue weighted by Crippen LogP contribution is 2.27. The summed E-state index contributed by atoms with van der Waals surface area (Å²) in [6, 6.07) is 3.96. The maximum Gasteiger partial charge on any atom is 0.387 e. The predicted molar refractivity (Wildman–Crippen MR) is 55.1 cm³/mol. The van der Waals surface area contributed by atoms with E-state index < -0.39 is 30.5 Å². The van der Waals surface area contributed by atoms with Crippen LogP contribution in [0.4, 0.5) is 8.78 Å². The van der Waals surface area contributed by atoms with E-state index in [1.165, 1.54) is 6.07 Å². The van der Waals surface area contributed by atoms with E-state index in [1.54, 1.807) is 6.07 Å². The van der Waals surface area contributed by atoms with Gasteiger partial charge in [-0.15, -0.1) is 0 Å². The van der Waals surface area contributed by atoms with Crippen LogP contribution in [0.15, 0.2) is 12.1 Å². The van der Waals surface area contributed by atoms with Crippen LogP contribution in [-0.4, -0.2) is 24.8 Å². The number of carbonyl (C=O) groups is 1. The van der Waals surface area contributed by atoms with E-state index in [9.17, 15) is 13.6 Å². The summed E-state index contributed by atoms with van der Waals surface area (Å²) < 4.78 is 32.9. The molecule has 0 aliphatic heterocycles. The second kappa shape index (κ2) is 5.93. The maximum absolute atomic E-state index is 12.2. The highest BCUT2D eigenvalue weighted by molar-refractivity contribution is 5.95. The zero-order valence-corrected chi connectivity index (χ0v) is 9.31. The average Bonchev–Trinajstić information content (AvgIpc) is 2.36. The largest absolute Gasteiger partial charge is 0.465 e. The summed E-state index contributed by atoms with van der Waals surface area (Å²) in [7, 11) is 1.04. The lowest BCUT2D eigenvalue weighted by atomic mass is 10.0. The molecule has 0 fully saturated rings. The van der Waals surface area contributed by atoms with Crippen LogP contribution in [0.2, 0.25) is 0 Å². The van der Waals surface area contributed by atoms with Crippen molar-refractivity contribution in [2.45, 2.75) is 13.2 Å². The van der Waals surface area contributed by atoms with Crippen LogP contribution in [0.5, 0.6) is 5.75 Å². The predicted octanol–water partition coefficient (Wildman–Crippen LogP) is 1.44. The quantitative estimate of drug-likeness (QED) is 0.825. The topological polar surface area (TPSA) is 79.6 Å². The number of halogens is 2. The Morgan fingerprint density at radius 3 is 2.67 bits per heavy atom. The molecular formula is C11H9F2NO4. The van der Waals surface area contributed by atoms with Crippen LogP contribution in [0, 0.1) is 11.3 Å². The fourth-order valence-corrected chi connectivity index (χ4v) is 1.39. The number of esters is 1. The van der Waals surface area contributed by atoms with Crippen molar-refractivity contribution >= 4 is 5.97 Å². The highest BCUT2D eigenvalue weighted by Gasteiger charge is 2.23. The van der Waals surface area contributed by atoms with Gasteiger partial charge in [0.15, 0.2) is 0 Å². The first-order valence-corrected chi connectivity index (χ1v) is 4.75. The second-order valence-electron chi connectivity index (χ2n) is 3.11. The molecule has 0 saturated heterocycles. The third kappa shape index (κ3) is 2.73. The second-order valence-corrected chi connectivity index (χ2v) is 3.11. The standard InChI is InChI=1S/C11H9F2NO4/c1-17-10(16)9-7(4-14)6(5-15)2-3-8(9)18-11(12)13/h2-3,11,15H,5H2,1H3. The van der Waals surface area contributed by atoms with Gasteiger partial charge in [-0.1, -0.05) is 6.07 Å². The first kappa shape index (κ1) is 13.9. The molecule has 0 aromatic heterocycles. The van der Waals surface area contributed by atoms with Gasteiger partial charge in [-0.2, -0.15) is 14.0 Å². The SMILES string of the molecule is COC(=O)c1c(OC(F)F)ccc(CO)c1C#N. The lowest BCUT2D eigenvalue weighted by Gasteiger charge is -2.12. The summed E-state index contributed by atoms with van der Waals surface area (Å²) in [6.45, 7) is -3.65. The molecule has 0 spiro atoms. The van der Waals surface area contributed by atoms with Gasteiger partial charge in [0, 0.05) is 0 Å². The number of ether oxygens (including phenoxy) is 2. The first-order chi connectivity index (χ1) is 8.54. The van der Waals surface area contributed by atoms with Gasteiger partial charge in [0.25, 0.3) is 0 Å². The molecule has 96 valence electrons. The number of hydrogen-bond acceptors (Lipinski definition) is 5. The van der Waals surface area contributed by atoms with Crippen LogP contribution in [0.25, 0.3) is 0 Å². The molecule has 0 aliphatic rings. The fourth-order valence-electron chi connectivity index (χ4n) is 1.39. The van der Waals surface area contributed by atoms with Crippen LogP contribution in [0.3, 0.4) is 0 Å². The van der Waals surface area contributed by atoms with Crippen LogP contribution in [-0.2, 0) is 11.3 Å². The van der Waals surface area contributed by atoms with Crippen molar-refractivity contribution in [2.75, 3.05) is 7.11 Å². The summed E-state index contributed by atoms with van der Waals surface area (Å²) in [5, 5.41) is 17.9. The average molecular weight is 257 g/mol.